The van der Waals surface area contributed by atoms with Crippen molar-refractivity contribution >= 4 is 11.6 Å². The highest BCUT2D eigenvalue weighted by atomic mass is 16.3. The van der Waals surface area contributed by atoms with Crippen molar-refractivity contribution in [3.05, 3.63) is 53.5 Å². The highest BCUT2D eigenvalue weighted by molar-refractivity contribution is 6.07. The zero-order valence-electron chi connectivity index (χ0n) is 12.8. The minimum Gasteiger partial charge on any atom is -0.469 e. The molecule has 3 heteroatoms. The summed E-state index contributed by atoms with van der Waals surface area (Å²) in [6.07, 6.45) is 3.63. The fourth-order valence-electron chi connectivity index (χ4n) is 3.20. The fourth-order valence-corrected chi connectivity index (χ4v) is 3.20. The van der Waals surface area contributed by atoms with Crippen LogP contribution < -0.4 is 4.90 Å². The van der Waals surface area contributed by atoms with Gasteiger partial charge in [0.15, 0.2) is 0 Å². The monoisotopic (exact) mass is 283 g/mol. The zero-order valence-corrected chi connectivity index (χ0v) is 12.8. The molecule has 0 fully saturated rings. The molecule has 1 amide bonds. The Morgan fingerprint density at radius 1 is 1.29 bits per heavy atom. The van der Waals surface area contributed by atoms with E-state index in [1.54, 1.807) is 12.3 Å². The van der Waals surface area contributed by atoms with Crippen LogP contribution in [0.4, 0.5) is 5.69 Å². The van der Waals surface area contributed by atoms with Crippen molar-refractivity contribution in [2.45, 2.75) is 39.7 Å². The Balaban J connectivity index is 2.07. The number of hydrogen-bond donors (Lipinski definition) is 0. The van der Waals surface area contributed by atoms with Crippen molar-refractivity contribution in [3.63, 3.8) is 0 Å². The molecule has 3 nitrogen and oxygen atoms in total. The summed E-state index contributed by atoms with van der Waals surface area (Å²) >= 11 is 0. The lowest BCUT2D eigenvalue weighted by Gasteiger charge is -2.39. The number of carbonyl (C=O) groups excluding carboxylic acids is 1. The summed E-state index contributed by atoms with van der Waals surface area (Å²) in [5.74, 6) is 1.16. The third-order valence-electron chi connectivity index (χ3n) is 4.37. The van der Waals surface area contributed by atoms with Crippen molar-refractivity contribution in [1.82, 2.24) is 0 Å². The summed E-state index contributed by atoms with van der Waals surface area (Å²) < 4.78 is 5.31. The van der Waals surface area contributed by atoms with Crippen LogP contribution in [0, 0.1) is 12.8 Å². The Morgan fingerprint density at radius 3 is 2.71 bits per heavy atom. The number of furan rings is 1. The van der Waals surface area contributed by atoms with E-state index in [9.17, 15) is 4.79 Å². The van der Waals surface area contributed by atoms with Gasteiger partial charge < -0.3 is 9.32 Å². The van der Waals surface area contributed by atoms with Gasteiger partial charge in [-0.15, -0.1) is 0 Å². The molecule has 0 radical (unpaired) electrons. The summed E-state index contributed by atoms with van der Waals surface area (Å²) in [4.78, 5) is 15.0. The number of anilines is 1. The molecule has 3 rings (SSSR count). The quantitative estimate of drug-likeness (QED) is 0.827. The molecular weight excluding hydrogens is 262 g/mol. The molecule has 0 spiro atoms. The second-order valence-electron chi connectivity index (χ2n) is 6.04. The molecule has 0 unspecified atom stereocenters. The maximum Gasteiger partial charge on any atom is 0.262 e. The van der Waals surface area contributed by atoms with Gasteiger partial charge in [0.2, 0.25) is 0 Å². The van der Waals surface area contributed by atoms with Gasteiger partial charge in [0.1, 0.15) is 5.76 Å². The van der Waals surface area contributed by atoms with E-state index in [1.807, 2.05) is 24.0 Å². The predicted molar refractivity (Wildman–Crippen MR) is 83.6 cm³/mol. The SMILES string of the molecule is Cc1occc1C(=O)N1c2ccccc2CC[C@@H]1C(C)C. The van der Waals surface area contributed by atoms with Gasteiger partial charge in [0.05, 0.1) is 11.8 Å². The number of aryl methyl sites for hydroxylation is 2. The first-order chi connectivity index (χ1) is 10.1. The van der Waals surface area contributed by atoms with Crippen LogP contribution in [0.2, 0.25) is 0 Å². The Labute approximate surface area is 125 Å². The normalized spacial score (nSPS) is 17.9. The van der Waals surface area contributed by atoms with Crippen molar-refractivity contribution in [2.24, 2.45) is 5.92 Å². The Morgan fingerprint density at radius 2 is 2.05 bits per heavy atom. The smallest absolute Gasteiger partial charge is 0.262 e. The number of para-hydroxylation sites is 1. The van der Waals surface area contributed by atoms with Gasteiger partial charge in [-0.25, -0.2) is 0 Å². The van der Waals surface area contributed by atoms with E-state index < -0.39 is 0 Å². The van der Waals surface area contributed by atoms with Crippen LogP contribution in [0.25, 0.3) is 0 Å². The molecule has 0 saturated heterocycles. The lowest BCUT2D eigenvalue weighted by Crippen LogP contribution is -2.46. The largest absolute Gasteiger partial charge is 0.469 e. The molecule has 0 bridgehead atoms. The maximum atomic E-state index is 13.0. The molecule has 1 atom stereocenters. The fraction of sp³-hybridized carbons (Fsp3) is 0.389. The number of amides is 1. The maximum absolute atomic E-state index is 13.0. The second-order valence-corrected chi connectivity index (χ2v) is 6.04. The van der Waals surface area contributed by atoms with E-state index >= 15 is 0 Å². The molecule has 0 saturated carbocycles. The number of nitrogens with zero attached hydrogens (tertiary/aromatic N) is 1. The summed E-state index contributed by atoms with van der Waals surface area (Å²) in [7, 11) is 0. The van der Waals surface area contributed by atoms with Gasteiger partial charge in [-0.1, -0.05) is 32.0 Å². The van der Waals surface area contributed by atoms with Gasteiger partial charge in [-0.3, -0.25) is 4.79 Å². The van der Waals surface area contributed by atoms with Crippen molar-refractivity contribution in [2.75, 3.05) is 4.90 Å². The summed E-state index contributed by atoms with van der Waals surface area (Å²) in [6.45, 7) is 6.20. The molecule has 0 aliphatic carbocycles. The van der Waals surface area contributed by atoms with E-state index in [0.717, 1.165) is 18.5 Å². The summed E-state index contributed by atoms with van der Waals surface area (Å²) in [5.41, 5.74) is 2.97. The second kappa shape index (κ2) is 5.40. The van der Waals surface area contributed by atoms with Crippen LogP contribution in [0.15, 0.2) is 41.0 Å². The number of benzene rings is 1. The molecule has 0 N–H and O–H groups in total. The van der Waals surface area contributed by atoms with E-state index in [0.29, 0.717) is 17.2 Å². The van der Waals surface area contributed by atoms with Crippen LogP contribution in [0.3, 0.4) is 0 Å². The average molecular weight is 283 g/mol. The molecule has 2 heterocycles. The van der Waals surface area contributed by atoms with Crippen LogP contribution >= 0.6 is 0 Å². The van der Waals surface area contributed by atoms with Crippen LogP contribution in [-0.2, 0) is 6.42 Å². The van der Waals surface area contributed by atoms with Gasteiger partial charge in [0.25, 0.3) is 5.91 Å². The Bertz CT molecular complexity index is 657. The Hall–Kier alpha value is -2.03. The molecule has 1 aliphatic rings. The van der Waals surface area contributed by atoms with Crippen LogP contribution in [-0.4, -0.2) is 11.9 Å². The third-order valence-corrected chi connectivity index (χ3v) is 4.37. The molecule has 110 valence electrons. The van der Waals surface area contributed by atoms with Crippen molar-refractivity contribution < 1.29 is 9.21 Å². The lowest BCUT2D eigenvalue weighted by molar-refractivity contribution is 0.0963. The summed E-state index contributed by atoms with van der Waals surface area (Å²) in [6, 6.07) is 10.2. The van der Waals surface area contributed by atoms with Crippen LogP contribution in [0.5, 0.6) is 0 Å². The van der Waals surface area contributed by atoms with Gasteiger partial charge in [-0.05, 0) is 43.4 Å². The molecule has 21 heavy (non-hydrogen) atoms. The highest BCUT2D eigenvalue weighted by Crippen LogP contribution is 2.35. The zero-order chi connectivity index (χ0) is 15.0. The van der Waals surface area contributed by atoms with E-state index in [-0.39, 0.29) is 11.9 Å². The molecule has 2 aromatic rings. The van der Waals surface area contributed by atoms with Crippen LogP contribution in [0.1, 0.15) is 41.9 Å². The standard InChI is InChI=1S/C18H21NO2/c1-12(2)16-9-8-14-6-4-5-7-17(14)19(16)18(20)15-10-11-21-13(15)3/h4-7,10-12,16H,8-9H2,1-3H3/t16-/m1/s1. The molecule has 1 aliphatic heterocycles. The molecular formula is C18H21NO2. The van der Waals surface area contributed by atoms with Crippen molar-refractivity contribution in [1.29, 1.82) is 0 Å². The topological polar surface area (TPSA) is 33.5 Å². The first-order valence-electron chi connectivity index (χ1n) is 7.55. The van der Waals surface area contributed by atoms with Crippen molar-refractivity contribution in [3.8, 4) is 0 Å². The molecule has 1 aromatic carbocycles. The number of hydrogen-bond acceptors (Lipinski definition) is 2. The summed E-state index contributed by atoms with van der Waals surface area (Å²) in [5, 5.41) is 0. The Kier molecular flexibility index (Phi) is 3.58. The van der Waals surface area contributed by atoms with E-state index in [4.69, 9.17) is 4.42 Å². The highest BCUT2D eigenvalue weighted by Gasteiger charge is 2.34. The van der Waals surface area contributed by atoms with Gasteiger partial charge >= 0.3 is 0 Å². The minimum absolute atomic E-state index is 0.0482. The third kappa shape index (κ3) is 2.37. The predicted octanol–water partition coefficient (Wildman–Crippen LogP) is 4.21. The number of fused-ring (bicyclic) bond motifs is 1. The van der Waals surface area contributed by atoms with E-state index in [2.05, 4.69) is 26.0 Å². The number of carbonyl (C=O) groups is 1. The molecule has 1 aromatic heterocycles. The minimum atomic E-state index is 0.0482. The van der Waals surface area contributed by atoms with Gasteiger partial charge in [0, 0.05) is 11.7 Å². The average Bonchev–Trinajstić information content (AvgIpc) is 2.91. The first-order valence-corrected chi connectivity index (χ1v) is 7.55. The first kappa shape index (κ1) is 13.9. The van der Waals surface area contributed by atoms with E-state index in [1.165, 1.54) is 5.56 Å². The van der Waals surface area contributed by atoms with Gasteiger partial charge in [-0.2, -0.15) is 0 Å². The lowest BCUT2D eigenvalue weighted by atomic mass is 9.88. The number of rotatable bonds is 2.